The maximum Gasteiger partial charge on any atom is 0.303 e. The lowest BCUT2D eigenvalue weighted by Gasteiger charge is -2.08. The molecule has 1 heterocycles. The molecule has 0 aliphatic heterocycles. The van der Waals surface area contributed by atoms with E-state index in [9.17, 15) is 17.6 Å². The SMILES string of the molecule is COc1ccc2c(c1)c(CCC(=O)O)cn2S(=O)(=O)c1ccc(F)cc1. The van der Waals surface area contributed by atoms with Crippen molar-refractivity contribution in [2.45, 2.75) is 17.7 Å². The highest BCUT2D eigenvalue weighted by molar-refractivity contribution is 7.90. The Morgan fingerprint density at radius 2 is 1.88 bits per heavy atom. The Hall–Kier alpha value is -2.87. The van der Waals surface area contributed by atoms with Crippen molar-refractivity contribution < 1.29 is 27.4 Å². The van der Waals surface area contributed by atoms with E-state index < -0.39 is 21.8 Å². The fourth-order valence-corrected chi connectivity index (χ4v) is 4.12. The third-order valence-corrected chi connectivity index (χ3v) is 5.73. The van der Waals surface area contributed by atoms with Gasteiger partial charge in [0.15, 0.2) is 0 Å². The largest absolute Gasteiger partial charge is 0.497 e. The monoisotopic (exact) mass is 377 g/mol. The minimum Gasteiger partial charge on any atom is -0.497 e. The molecule has 1 N–H and O–H groups in total. The first kappa shape index (κ1) is 17.9. The molecule has 3 aromatic rings. The molecule has 0 saturated heterocycles. The summed E-state index contributed by atoms with van der Waals surface area (Å²) in [7, 11) is -2.47. The van der Waals surface area contributed by atoms with Crippen LogP contribution in [0.2, 0.25) is 0 Å². The highest BCUT2D eigenvalue weighted by Crippen LogP contribution is 2.30. The first-order chi connectivity index (χ1) is 12.3. The summed E-state index contributed by atoms with van der Waals surface area (Å²) < 4.78 is 45.3. The number of halogens is 1. The predicted molar refractivity (Wildman–Crippen MR) is 93.4 cm³/mol. The molecule has 1 aromatic heterocycles. The molecule has 0 spiro atoms. The number of aromatic nitrogens is 1. The Morgan fingerprint density at radius 1 is 1.19 bits per heavy atom. The number of fused-ring (bicyclic) bond motifs is 1. The molecule has 136 valence electrons. The molecule has 2 aromatic carbocycles. The van der Waals surface area contributed by atoms with Crippen molar-refractivity contribution >= 4 is 26.9 Å². The van der Waals surface area contributed by atoms with Gasteiger partial charge in [-0.25, -0.2) is 16.8 Å². The number of carbonyl (C=O) groups is 1. The summed E-state index contributed by atoms with van der Waals surface area (Å²) in [4.78, 5) is 10.8. The number of nitrogens with zero attached hydrogens (tertiary/aromatic N) is 1. The lowest BCUT2D eigenvalue weighted by atomic mass is 10.1. The van der Waals surface area contributed by atoms with Crippen molar-refractivity contribution in [3.63, 3.8) is 0 Å². The molecule has 0 aliphatic carbocycles. The molecule has 0 fully saturated rings. The second-order valence-electron chi connectivity index (χ2n) is 5.69. The average Bonchev–Trinajstić information content (AvgIpc) is 2.99. The average molecular weight is 377 g/mol. The molecule has 8 heteroatoms. The van der Waals surface area contributed by atoms with E-state index in [-0.39, 0.29) is 17.7 Å². The van der Waals surface area contributed by atoms with Crippen LogP contribution < -0.4 is 4.74 Å². The van der Waals surface area contributed by atoms with Crippen LogP contribution in [0.15, 0.2) is 53.6 Å². The maximum atomic E-state index is 13.1. The Morgan fingerprint density at radius 3 is 2.50 bits per heavy atom. The van der Waals surface area contributed by atoms with Crippen LogP contribution in [0.1, 0.15) is 12.0 Å². The minimum absolute atomic E-state index is 0.0589. The normalized spacial score (nSPS) is 11.6. The quantitative estimate of drug-likeness (QED) is 0.714. The number of carboxylic acid groups (broad SMARTS) is 1. The number of rotatable bonds is 6. The van der Waals surface area contributed by atoms with E-state index in [4.69, 9.17) is 9.84 Å². The van der Waals surface area contributed by atoms with Crippen molar-refractivity contribution in [2.24, 2.45) is 0 Å². The Bertz CT molecular complexity index is 1070. The van der Waals surface area contributed by atoms with Crippen molar-refractivity contribution in [2.75, 3.05) is 7.11 Å². The summed E-state index contributed by atoms with van der Waals surface area (Å²) >= 11 is 0. The van der Waals surface area contributed by atoms with Gasteiger partial charge < -0.3 is 9.84 Å². The number of hydrogen-bond donors (Lipinski definition) is 1. The topological polar surface area (TPSA) is 85.6 Å². The van der Waals surface area contributed by atoms with Gasteiger partial charge in [0.1, 0.15) is 11.6 Å². The molecule has 0 radical (unpaired) electrons. The van der Waals surface area contributed by atoms with Gasteiger partial charge in [0.25, 0.3) is 10.0 Å². The summed E-state index contributed by atoms with van der Waals surface area (Å²) in [5.41, 5.74) is 0.975. The number of hydrogen-bond acceptors (Lipinski definition) is 4. The van der Waals surface area contributed by atoms with Crippen LogP contribution in [-0.2, 0) is 21.2 Å². The zero-order valence-electron chi connectivity index (χ0n) is 13.8. The Balaban J connectivity index is 2.19. The predicted octanol–water partition coefficient (Wildman–Crippen LogP) is 3.04. The molecule has 0 bridgehead atoms. The van der Waals surface area contributed by atoms with Crippen molar-refractivity contribution in [1.82, 2.24) is 3.97 Å². The highest BCUT2D eigenvalue weighted by atomic mass is 32.2. The standard InChI is InChI=1S/C18H16FNO5S/c1-25-14-5-8-17-16(10-14)12(2-9-18(21)22)11-20(17)26(23,24)15-6-3-13(19)4-7-15/h3-8,10-11H,2,9H2,1H3,(H,21,22). The molecular formula is C18H16FNO5S. The molecule has 0 unspecified atom stereocenters. The molecule has 0 aliphatic rings. The summed E-state index contributed by atoms with van der Waals surface area (Å²) in [6.07, 6.45) is 1.45. The third-order valence-electron chi connectivity index (χ3n) is 4.04. The lowest BCUT2D eigenvalue weighted by molar-refractivity contribution is -0.136. The highest BCUT2D eigenvalue weighted by Gasteiger charge is 2.22. The molecule has 0 atom stereocenters. The Kier molecular flexibility index (Phi) is 4.69. The van der Waals surface area contributed by atoms with Crippen LogP contribution in [-0.4, -0.2) is 30.6 Å². The summed E-state index contributed by atoms with van der Waals surface area (Å²) in [5, 5.41) is 9.53. The number of ether oxygens (including phenoxy) is 1. The van der Waals surface area contributed by atoms with Crippen molar-refractivity contribution in [3.8, 4) is 5.75 Å². The van der Waals surface area contributed by atoms with Gasteiger partial charge >= 0.3 is 5.97 Å². The summed E-state index contributed by atoms with van der Waals surface area (Å²) in [6.45, 7) is 0. The van der Waals surface area contributed by atoms with Gasteiger partial charge in [-0.3, -0.25) is 4.79 Å². The van der Waals surface area contributed by atoms with Crippen molar-refractivity contribution in [3.05, 3.63) is 60.0 Å². The van der Waals surface area contributed by atoms with Crippen LogP contribution in [0.5, 0.6) is 5.75 Å². The molecule has 0 amide bonds. The number of carboxylic acids is 1. The molecule has 3 rings (SSSR count). The lowest BCUT2D eigenvalue weighted by Crippen LogP contribution is -2.11. The zero-order valence-corrected chi connectivity index (χ0v) is 14.7. The summed E-state index contributed by atoms with van der Waals surface area (Å²) in [5.74, 6) is -0.977. The second-order valence-corrected chi connectivity index (χ2v) is 7.50. The van der Waals surface area contributed by atoms with E-state index in [1.54, 1.807) is 18.2 Å². The van der Waals surface area contributed by atoms with Crippen LogP contribution in [0.4, 0.5) is 4.39 Å². The molecule has 26 heavy (non-hydrogen) atoms. The van der Waals surface area contributed by atoms with Gasteiger partial charge in [-0.1, -0.05) is 0 Å². The molecule has 6 nitrogen and oxygen atoms in total. The Labute approximate surface area is 149 Å². The van der Waals surface area contributed by atoms with Gasteiger partial charge in [-0.2, -0.15) is 0 Å². The minimum atomic E-state index is -3.96. The fraction of sp³-hybridized carbons (Fsp3) is 0.167. The first-order valence-corrected chi connectivity index (χ1v) is 9.18. The van der Waals surface area contributed by atoms with Gasteiger partial charge in [0.2, 0.25) is 0 Å². The number of methoxy groups -OCH3 is 1. The summed E-state index contributed by atoms with van der Waals surface area (Å²) in [6, 6.07) is 9.43. The van der Waals surface area contributed by atoms with Crippen LogP contribution in [0.25, 0.3) is 10.9 Å². The fourth-order valence-electron chi connectivity index (χ4n) is 2.73. The first-order valence-electron chi connectivity index (χ1n) is 7.74. The van der Waals surface area contributed by atoms with E-state index in [1.807, 2.05) is 0 Å². The van der Waals surface area contributed by atoms with Crippen LogP contribution >= 0.6 is 0 Å². The second kappa shape index (κ2) is 6.80. The van der Waals surface area contributed by atoms with E-state index in [0.29, 0.717) is 22.2 Å². The molecule has 0 saturated carbocycles. The number of aliphatic carboxylic acids is 1. The van der Waals surface area contributed by atoms with E-state index in [0.717, 1.165) is 16.1 Å². The molecular weight excluding hydrogens is 361 g/mol. The zero-order chi connectivity index (χ0) is 18.9. The van der Waals surface area contributed by atoms with E-state index in [1.165, 1.54) is 25.4 Å². The van der Waals surface area contributed by atoms with Crippen LogP contribution in [0, 0.1) is 5.82 Å². The van der Waals surface area contributed by atoms with E-state index >= 15 is 0 Å². The number of aryl methyl sites for hydroxylation is 1. The smallest absolute Gasteiger partial charge is 0.303 e. The van der Waals surface area contributed by atoms with Gasteiger partial charge in [0.05, 0.1) is 17.5 Å². The van der Waals surface area contributed by atoms with Crippen molar-refractivity contribution in [1.29, 1.82) is 0 Å². The number of benzene rings is 2. The van der Waals surface area contributed by atoms with Gasteiger partial charge in [-0.15, -0.1) is 0 Å². The third kappa shape index (κ3) is 3.28. The van der Waals surface area contributed by atoms with Crippen LogP contribution in [0.3, 0.4) is 0 Å². The van der Waals surface area contributed by atoms with Gasteiger partial charge in [0, 0.05) is 18.0 Å². The maximum absolute atomic E-state index is 13.1. The van der Waals surface area contributed by atoms with Gasteiger partial charge in [-0.05, 0) is 54.4 Å². The van der Waals surface area contributed by atoms with E-state index in [2.05, 4.69) is 0 Å².